The second kappa shape index (κ2) is 4.53. The summed E-state index contributed by atoms with van der Waals surface area (Å²) in [6.07, 6.45) is 0. The van der Waals surface area contributed by atoms with Gasteiger partial charge in [0.1, 0.15) is 0 Å². The first-order valence-corrected chi connectivity index (χ1v) is 7.53. The van der Waals surface area contributed by atoms with E-state index in [-0.39, 0.29) is 5.91 Å². The minimum absolute atomic E-state index is 0.261. The highest BCUT2D eigenvalue weighted by Gasteiger charge is 2.65. The molecule has 1 fully saturated rings. The van der Waals surface area contributed by atoms with Crippen molar-refractivity contribution in [3.63, 3.8) is 0 Å². The third-order valence-electron chi connectivity index (χ3n) is 4.15. The number of hydrogen-bond donors (Lipinski definition) is 2. The predicted octanol–water partition coefficient (Wildman–Crippen LogP) is 2.90. The van der Waals surface area contributed by atoms with Gasteiger partial charge in [-0.2, -0.15) is 0 Å². The van der Waals surface area contributed by atoms with Gasteiger partial charge in [0, 0.05) is 0 Å². The molecule has 1 amide bonds. The van der Waals surface area contributed by atoms with Crippen LogP contribution in [0.3, 0.4) is 0 Å². The van der Waals surface area contributed by atoms with Gasteiger partial charge >= 0.3 is 5.97 Å². The Morgan fingerprint density at radius 2 is 2.05 bits per heavy atom. The zero-order chi connectivity index (χ0) is 15.4. The standard InChI is InChI=1S/C15H16N2O3S/c1-7-4-5-8-9(6-7)21-14(16-8)17-12(18)10-11(13(19)20)15(10,2)3/h4-6,10-11H,1-3H3,(H,19,20)(H,16,17,18). The monoisotopic (exact) mass is 304 g/mol. The number of thiazole rings is 1. The maximum atomic E-state index is 12.2. The van der Waals surface area contributed by atoms with Crippen LogP contribution in [-0.2, 0) is 9.59 Å². The molecule has 0 saturated heterocycles. The third-order valence-corrected chi connectivity index (χ3v) is 5.08. The molecular weight excluding hydrogens is 288 g/mol. The molecule has 1 aliphatic carbocycles. The number of aliphatic carboxylic acids is 1. The van der Waals surface area contributed by atoms with Gasteiger partial charge in [-0.25, -0.2) is 4.98 Å². The molecule has 0 aliphatic heterocycles. The Balaban J connectivity index is 1.80. The number of aromatic nitrogens is 1. The van der Waals surface area contributed by atoms with Crippen LogP contribution in [0.2, 0.25) is 0 Å². The van der Waals surface area contributed by atoms with E-state index in [0.717, 1.165) is 15.8 Å². The first-order valence-electron chi connectivity index (χ1n) is 6.71. The van der Waals surface area contributed by atoms with Crippen LogP contribution >= 0.6 is 11.3 Å². The number of anilines is 1. The number of carbonyl (C=O) groups is 2. The van der Waals surface area contributed by atoms with Crippen LogP contribution in [0.25, 0.3) is 10.2 Å². The second-order valence-corrected chi connectivity index (χ2v) is 7.13. The smallest absolute Gasteiger partial charge is 0.307 e. The van der Waals surface area contributed by atoms with E-state index < -0.39 is 23.2 Å². The molecule has 2 N–H and O–H groups in total. The molecule has 0 spiro atoms. The summed E-state index contributed by atoms with van der Waals surface area (Å²) in [5.74, 6) is -2.29. The molecule has 1 aromatic heterocycles. The van der Waals surface area contributed by atoms with E-state index in [4.69, 9.17) is 5.11 Å². The van der Waals surface area contributed by atoms with Crippen molar-refractivity contribution in [1.29, 1.82) is 0 Å². The molecule has 1 aliphatic rings. The zero-order valence-corrected chi connectivity index (χ0v) is 12.8. The fraction of sp³-hybridized carbons (Fsp3) is 0.400. The zero-order valence-electron chi connectivity index (χ0n) is 12.0. The van der Waals surface area contributed by atoms with Crippen LogP contribution < -0.4 is 5.32 Å². The molecule has 5 nitrogen and oxygen atoms in total. The number of carbonyl (C=O) groups excluding carboxylic acids is 1. The summed E-state index contributed by atoms with van der Waals surface area (Å²) in [5, 5.41) is 12.4. The summed E-state index contributed by atoms with van der Waals surface area (Å²) < 4.78 is 1.01. The number of carboxylic acid groups (broad SMARTS) is 1. The van der Waals surface area contributed by atoms with E-state index in [1.54, 1.807) is 13.8 Å². The number of aryl methyl sites for hydroxylation is 1. The first-order chi connectivity index (χ1) is 9.80. The highest BCUT2D eigenvalue weighted by Crippen LogP contribution is 2.58. The molecule has 2 atom stereocenters. The number of benzene rings is 1. The number of carboxylic acids is 1. The Labute approximate surface area is 126 Å². The average Bonchev–Trinajstić information content (AvgIpc) is 2.75. The molecule has 21 heavy (non-hydrogen) atoms. The lowest BCUT2D eigenvalue weighted by Crippen LogP contribution is -2.17. The number of rotatable bonds is 3. The van der Waals surface area contributed by atoms with E-state index in [1.165, 1.54) is 11.3 Å². The van der Waals surface area contributed by atoms with Crippen molar-refractivity contribution < 1.29 is 14.7 Å². The maximum absolute atomic E-state index is 12.2. The minimum Gasteiger partial charge on any atom is -0.481 e. The third kappa shape index (κ3) is 2.29. The molecule has 1 heterocycles. The van der Waals surface area contributed by atoms with Crippen molar-refractivity contribution in [1.82, 2.24) is 4.98 Å². The fourth-order valence-corrected chi connectivity index (χ4v) is 3.82. The van der Waals surface area contributed by atoms with Gasteiger partial charge in [0.2, 0.25) is 5.91 Å². The van der Waals surface area contributed by atoms with Gasteiger partial charge < -0.3 is 10.4 Å². The summed E-state index contributed by atoms with van der Waals surface area (Å²) >= 11 is 1.40. The largest absolute Gasteiger partial charge is 0.481 e. The Kier molecular flexibility index (Phi) is 3.02. The molecule has 1 saturated carbocycles. The fourth-order valence-electron chi connectivity index (χ4n) is 2.86. The van der Waals surface area contributed by atoms with Crippen molar-refractivity contribution in [2.24, 2.45) is 17.3 Å². The molecule has 2 unspecified atom stereocenters. The summed E-state index contributed by atoms with van der Waals surface area (Å²) in [4.78, 5) is 27.7. The molecular formula is C15H16N2O3S. The quantitative estimate of drug-likeness (QED) is 0.913. The van der Waals surface area contributed by atoms with Crippen LogP contribution in [0.1, 0.15) is 19.4 Å². The van der Waals surface area contributed by atoms with Crippen LogP contribution in [0.15, 0.2) is 18.2 Å². The van der Waals surface area contributed by atoms with Crippen LogP contribution in [0, 0.1) is 24.2 Å². The number of fused-ring (bicyclic) bond motifs is 1. The number of amides is 1. The molecule has 6 heteroatoms. The molecule has 3 rings (SSSR count). The molecule has 0 radical (unpaired) electrons. The van der Waals surface area contributed by atoms with Gasteiger partial charge in [-0.3, -0.25) is 9.59 Å². The average molecular weight is 304 g/mol. The Hall–Kier alpha value is -1.95. The van der Waals surface area contributed by atoms with Gasteiger partial charge in [-0.05, 0) is 30.0 Å². The SMILES string of the molecule is Cc1ccc2nc(NC(=O)C3C(C(=O)O)C3(C)C)sc2c1. The predicted molar refractivity (Wildman–Crippen MR) is 81.4 cm³/mol. The Morgan fingerprint density at radius 1 is 1.33 bits per heavy atom. The van der Waals surface area contributed by atoms with Crippen LogP contribution in [0.4, 0.5) is 5.13 Å². The lowest BCUT2D eigenvalue weighted by Gasteiger charge is -2.02. The summed E-state index contributed by atoms with van der Waals surface area (Å²) in [6.45, 7) is 5.61. The minimum atomic E-state index is -0.917. The second-order valence-electron chi connectivity index (χ2n) is 6.09. The number of nitrogens with zero attached hydrogens (tertiary/aromatic N) is 1. The van der Waals surface area contributed by atoms with E-state index in [0.29, 0.717) is 5.13 Å². The maximum Gasteiger partial charge on any atom is 0.307 e. The first kappa shape index (κ1) is 14.0. The van der Waals surface area contributed by atoms with Crippen LogP contribution in [0.5, 0.6) is 0 Å². The van der Waals surface area contributed by atoms with Crippen molar-refractivity contribution >= 4 is 38.6 Å². The van der Waals surface area contributed by atoms with Crippen molar-refractivity contribution in [2.45, 2.75) is 20.8 Å². The molecule has 110 valence electrons. The highest BCUT2D eigenvalue weighted by molar-refractivity contribution is 7.22. The highest BCUT2D eigenvalue weighted by atomic mass is 32.1. The lowest BCUT2D eigenvalue weighted by molar-refractivity contribution is -0.140. The van der Waals surface area contributed by atoms with Gasteiger partial charge in [-0.1, -0.05) is 31.3 Å². The lowest BCUT2D eigenvalue weighted by atomic mass is 10.1. The summed E-state index contributed by atoms with van der Waals surface area (Å²) in [6, 6.07) is 5.90. The van der Waals surface area contributed by atoms with Gasteiger partial charge in [-0.15, -0.1) is 0 Å². The summed E-state index contributed by atoms with van der Waals surface area (Å²) in [7, 11) is 0. The molecule has 1 aromatic carbocycles. The van der Waals surface area contributed by atoms with Gasteiger partial charge in [0.25, 0.3) is 0 Å². The summed E-state index contributed by atoms with van der Waals surface area (Å²) in [5.41, 5.74) is 1.48. The topological polar surface area (TPSA) is 79.3 Å². The van der Waals surface area contributed by atoms with Crippen molar-refractivity contribution in [3.8, 4) is 0 Å². The van der Waals surface area contributed by atoms with E-state index in [1.807, 2.05) is 25.1 Å². The van der Waals surface area contributed by atoms with Crippen molar-refractivity contribution in [3.05, 3.63) is 23.8 Å². The van der Waals surface area contributed by atoms with Crippen LogP contribution in [-0.4, -0.2) is 22.0 Å². The van der Waals surface area contributed by atoms with E-state index in [9.17, 15) is 9.59 Å². The van der Waals surface area contributed by atoms with E-state index in [2.05, 4.69) is 10.3 Å². The number of hydrogen-bond acceptors (Lipinski definition) is 4. The van der Waals surface area contributed by atoms with Gasteiger partial charge in [0.15, 0.2) is 5.13 Å². The Morgan fingerprint density at radius 3 is 2.67 bits per heavy atom. The number of nitrogens with one attached hydrogen (secondary N) is 1. The Bertz CT molecular complexity index is 750. The van der Waals surface area contributed by atoms with Crippen molar-refractivity contribution in [2.75, 3.05) is 5.32 Å². The normalized spacial score (nSPS) is 23.0. The van der Waals surface area contributed by atoms with Gasteiger partial charge in [0.05, 0.1) is 22.1 Å². The molecule has 0 bridgehead atoms. The molecule has 2 aromatic rings. The van der Waals surface area contributed by atoms with E-state index >= 15 is 0 Å².